The fourth-order valence-electron chi connectivity index (χ4n) is 3.09. The second kappa shape index (κ2) is 9.23. The number of carbonyl (C=O) groups excluding carboxylic acids is 1. The predicted molar refractivity (Wildman–Crippen MR) is 122 cm³/mol. The Balaban J connectivity index is 2.19. The summed E-state index contributed by atoms with van der Waals surface area (Å²) in [5.74, 6) is -1.17. The maximum atomic E-state index is 13.2. The highest BCUT2D eigenvalue weighted by molar-refractivity contribution is 7.92. The van der Waals surface area contributed by atoms with Crippen molar-refractivity contribution in [2.45, 2.75) is 13.5 Å². The highest BCUT2D eigenvalue weighted by atomic mass is 32.2. The minimum absolute atomic E-state index is 0.0365. The number of carbonyl (C=O) groups is 1. The van der Waals surface area contributed by atoms with Crippen LogP contribution in [0.25, 0.3) is 0 Å². The predicted octanol–water partition coefficient (Wildman–Crippen LogP) is 2.13. The molecule has 168 valence electrons. The molecule has 1 aromatic heterocycles. The van der Waals surface area contributed by atoms with Crippen LogP contribution in [0.3, 0.4) is 0 Å². The lowest BCUT2D eigenvalue weighted by Gasteiger charge is -2.24. The summed E-state index contributed by atoms with van der Waals surface area (Å²) in [6, 6.07) is 15.9. The van der Waals surface area contributed by atoms with Gasteiger partial charge in [0.2, 0.25) is 21.7 Å². The first kappa shape index (κ1) is 23.0. The molecule has 32 heavy (non-hydrogen) atoms. The molecule has 0 aliphatic rings. The van der Waals surface area contributed by atoms with E-state index < -0.39 is 21.5 Å². The summed E-state index contributed by atoms with van der Waals surface area (Å²) >= 11 is 0. The second-order valence-corrected chi connectivity index (χ2v) is 9.00. The van der Waals surface area contributed by atoms with Gasteiger partial charge in [0.25, 0.3) is 11.5 Å². The maximum absolute atomic E-state index is 13.2. The van der Waals surface area contributed by atoms with E-state index in [1.807, 2.05) is 43.3 Å². The number of sulfonamides is 1. The molecule has 2 aromatic carbocycles. The number of amides is 1. The van der Waals surface area contributed by atoms with E-state index in [0.29, 0.717) is 0 Å². The molecule has 0 bridgehead atoms. The number of hydrogen-bond donors (Lipinski definition) is 1. The van der Waals surface area contributed by atoms with Crippen LogP contribution in [-0.2, 0) is 23.7 Å². The minimum atomic E-state index is -3.91. The van der Waals surface area contributed by atoms with Gasteiger partial charge in [-0.15, -0.1) is 0 Å². The number of benzene rings is 2. The molecule has 0 saturated heterocycles. The highest BCUT2D eigenvalue weighted by Gasteiger charge is 2.29. The first-order valence-corrected chi connectivity index (χ1v) is 11.5. The van der Waals surface area contributed by atoms with Crippen LogP contribution in [0.1, 0.15) is 21.6 Å². The molecule has 1 amide bonds. The Morgan fingerprint density at radius 1 is 1.16 bits per heavy atom. The number of anilines is 2. The lowest BCUT2D eigenvalue weighted by molar-refractivity contribution is 0.0952. The summed E-state index contributed by atoms with van der Waals surface area (Å²) in [5, 5.41) is 2.42. The van der Waals surface area contributed by atoms with E-state index in [-0.39, 0.29) is 29.7 Å². The van der Waals surface area contributed by atoms with Crippen LogP contribution < -0.4 is 19.9 Å². The first-order chi connectivity index (χ1) is 15.1. The summed E-state index contributed by atoms with van der Waals surface area (Å²) < 4.78 is 33.0. The van der Waals surface area contributed by atoms with E-state index in [1.54, 1.807) is 18.2 Å². The van der Waals surface area contributed by atoms with Crippen molar-refractivity contribution in [3.05, 3.63) is 81.8 Å². The van der Waals surface area contributed by atoms with Crippen molar-refractivity contribution < 1.29 is 17.9 Å². The number of nitrogens with one attached hydrogen (secondary N) is 1. The van der Waals surface area contributed by atoms with E-state index in [4.69, 9.17) is 4.74 Å². The fourth-order valence-corrected chi connectivity index (χ4v) is 4.05. The lowest BCUT2D eigenvalue weighted by Crippen LogP contribution is -2.35. The molecule has 0 saturated carbocycles. The molecule has 0 radical (unpaired) electrons. The smallest absolute Gasteiger partial charge is 0.297 e. The third-order valence-corrected chi connectivity index (χ3v) is 5.68. The molecule has 1 heterocycles. The Labute approximate surface area is 186 Å². The van der Waals surface area contributed by atoms with Crippen LogP contribution in [0.5, 0.6) is 5.75 Å². The molecular formula is C22H24N4O5S. The molecule has 10 heteroatoms. The van der Waals surface area contributed by atoms with Gasteiger partial charge in [0.15, 0.2) is 5.69 Å². The zero-order chi connectivity index (χ0) is 23.5. The first-order valence-electron chi connectivity index (χ1n) is 9.70. The standard InChI is InChI=1S/C22H24N4O5S/c1-15-9-8-12-17(13-15)26(32(4,29)30)22-24-18(20(27)23-2)19(21(28)25(22)3)31-14-16-10-6-5-7-11-16/h5-13H,14H2,1-4H3,(H,23,27). The third-order valence-electron chi connectivity index (χ3n) is 4.64. The van der Waals surface area contributed by atoms with Crippen molar-refractivity contribution in [2.24, 2.45) is 7.05 Å². The van der Waals surface area contributed by atoms with Gasteiger partial charge in [-0.3, -0.25) is 14.2 Å². The van der Waals surface area contributed by atoms with E-state index >= 15 is 0 Å². The van der Waals surface area contributed by atoms with Crippen LogP contribution in [0.4, 0.5) is 11.6 Å². The molecule has 1 N–H and O–H groups in total. The Morgan fingerprint density at radius 2 is 1.84 bits per heavy atom. The van der Waals surface area contributed by atoms with Gasteiger partial charge < -0.3 is 10.1 Å². The largest absolute Gasteiger partial charge is 0.481 e. The molecule has 0 fully saturated rings. The molecule has 0 spiro atoms. The van der Waals surface area contributed by atoms with E-state index in [2.05, 4.69) is 10.3 Å². The number of rotatable bonds is 7. The van der Waals surface area contributed by atoms with Gasteiger partial charge in [-0.1, -0.05) is 42.5 Å². The number of hydrogen-bond acceptors (Lipinski definition) is 6. The minimum Gasteiger partial charge on any atom is -0.481 e. The molecule has 0 unspecified atom stereocenters. The fraction of sp³-hybridized carbons (Fsp3) is 0.227. The van der Waals surface area contributed by atoms with E-state index in [0.717, 1.165) is 26.3 Å². The monoisotopic (exact) mass is 456 g/mol. The van der Waals surface area contributed by atoms with Crippen molar-refractivity contribution in [1.29, 1.82) is 0 Å². The topological polar surface area (TPSA) is 111 Å². The summed E-state index contributed by atoms with van der Waals surface area (Å²) in [6.07, 6.45) is 1.00. The van der Waals surface area contributed by atoms with Gasteiger partial charge in [0.05, 0.1) is 11.9 Å². The Kier molecular flexibility index (Phi) is 6.64. The lowest BCUT2D eigenvalue weighted by atomic mass is 10.2. The van der Waals surface area contributed by atoms with Gasteiger partial charge in [-0.25, -0.2) is 17.7 Å². The average Bonchev–Trinajstić information content (AvgIpc) is 2.75. The zero-order valence-electron chi connectivity index (χ0n) is 18.2. The summed E-state index contributed by atoms with van der Waals surface area (Å²) in [4.78, 5) is 30.0. The summed E-state index contributed by atoms with van der Waals surface area (Å²) in [7, 11) is -1.14. The SMILES string of the molecule is CNC(=O)c1nc(N(c2cccc(C)c2)S(C)(=O)=O)n(C)c(=O)c1OCc1ccccc1. The summed E-state index contributed by atoms with van der Waals surface area (Å²) in [6.45, 7) is 1.85. The Morgan fingerprint density at radius 3 is 2.44 bits per heavy atom. The van der Waals surface area contributed by atoms with Crippen LogP contribution in [0.2, 0.25) is 0 Å². The maximum Gasteiger partial charge on any atom is 0.297 e. The van der Waals surface area contributed by atoms with Crippen molar-refractivity contribution in [3.8, 4) is 5.75 Å². The average molecular weight is 457 g/mol. The second-order valence-electron chi connectivity index (χ2n) is 7.17. The molecule has 3 rings (SSSR count). The normalized spacial score (nSPS) is 11.1. The number of ether oxygens (including phenoxy) is 1. The van der Waals surface area contributed by atoms with E-state index in [9.17, 15) is 18.0 Å². The highest BCUT2D eigenvalue weighted by Crippen LogP contribution is 2.28. The van der Waals surface area contributed by atoms with Gasteiger partial charge in [-0.2, -0.15) is 0 Å². The Hall–Kier alpha value is -3.66. The van der Waals surface area contributed by atoms with Crippen LogP contribution in [0, 0.1) is 6.92 Å². The molecular weight excluding hydrogens is 432 g/mol. The van der Waals surface area contributed by atoms with Crippen LogP contribution >= 0.6 is 0 Å². The number of aromatic nitrogens is 2. The number of nitrogens with zero attached hydrogens (tertiary/aromatic N) is 3. The molecule has 9 nitrogen and oxygen atoms in total. The quantitative estimate of drug-likeness (QED) is 0.583. The van der Waals surface area contributed by atoms with Crippen LogP contribution in [0.15, 0.2) is 59.4 Å². The van der Waals surface area contributed by atoms with Gasteiger partial charge in [0, 0.05) is 14.1 Å². The third kappa shape index (κ3) is 4.80. The molecule has 0 aliphatic carbocycles. The van der Waals surface area contributed by atoms with Gasteiger partial charge >= 0.3 is 0 Å². The molecule has 0 atom stereocenters. The van der Waals surface area contributed by atoms with Gasteiger partial charge in [0.1, 0.15) is 6.61 Å². The van der Waals surface area contributed by atoms with Crippen LogP contribution in [-0.4, -0.2) is 37.2 Å². The van der Waals surface area contributed by atoms with Crippen molar-refractivity contribution in [3.63, 3.8) is 0 Å². The van der Waals surface area contributed by atoms with Crippen molar-refractivity contribution >= 4 is 27.6 Å². The number of aryl methyl sites for hydroxylation is 1. The summed E-state index contributed by atoms with van der Waals surface area (Å²) in [5.41, 5.74) is 0.902. The van der Waals surface area contributed by atoms with E-state index in [1.165, 1.54) is 14.1 Å². The van der Waals surface area contributed by atoms with Crippen molar-refractivity contribution in [2.75, 3.05) is 17.6 Å². The Bertz CT molecular complexity index is 1300. The van der Waals surface area contributed by atoms with Gasteiger partial charge in [-0.05, 0) is 30.2 Å². The molecule has 3 aromatic rings. The zero-order valence-corrected chi connectivity index (χ0v) is 19.0. The molecule has 0 aliphatic heterocycles. The van der Waals surface area contributed by atoms with Crippen molar-refractivity contribution in [1.82, 2.24) is 14.9 Å².